The van der Waals surface area contributed by atoms with Crippen LogP contribution >= 0.6 is 0 Å². The zero-order valence-corrected chi connectivity index (χ0v) is 20.1. The number of hydrogen-bond donors (Lipinski definition) is 3. The number of rotatable bonds is 7. The number of hydrogen-bond acceptors (Lipinski definition) is 6. The Morgan fingerprint density at radius 2 is 1.95 bits per heavy atom. The smallest absolute Gasteiger partial charge is 0.424 e. The van der Waals surface area contributed by atoms with Gasteiger partial charge in [-0.3, -0.25) is 14.3 Å². The first-order valence-electron chi connectivity index (χ1n) is 11.7. The number of nitrogens with one attached hydrogen (secondary N) is 1. The standard InChI is InChI=1S/C25H23F4N5O4/c1-23(22(30)36)12-38-20-17(23)8-18(33-19(20)13-2-4-15(26)5-3-13)24(37,25(27,28)29)11-31-21(35)14-9-32-34(10-14)16-6-7-16/h2-5,8-10,16,37H,6-7,11-12H2,1H3,(H2,30,36)(H,31,35)/t23-,24-/m0/s1. The van der Waals surface area contributed by atoms with Gasteiger partial charge in [0, 0.05) is 17.3 Å². The van der Waals surface area contributed by atoms with Gasteiger partial charge in [0.15, 0.2) is 0 Å². The van der Waals surface area contributed by atoms with Crippen LogP contribution in [0.15, 0.2) is 42.7 Å². The highest BCUT2D eigenvalue weighted by Crippen LogP contribution is 2.47. The van der Waals surface area contributed by atoms with Crippen LogP contribution in [0.4, 0.5) is 17.6 Å². The van der Waals surface area contributed by atoms with Gasteiger partial charge >= 0.3 is 6.18 Å². The third-order valence-electron chi connectivity index (χ3n) is 6.92. The number of benzene rings is 1. The van der Waals surface area contributed by atoms with Crippen molar-refractivity contribution in [2.45, 2.75) is 43.0 Å². The minimum Gasteiger partial charge on any atom is -0.489 e. The maximum Gasteiger partial charge on any atom is 0.424 e. The summed E-state index contributed by atoms with van der Waals surface area (Å²) < 4.78 is 64.0. The SMILES string of the molecule is C[C@]1(C(N)=O)COc2c1cc([C@@](O)(CNC(=O)c1cnn(C3CC3)c1)C(F)(F)F)nc2-c1ccc(F)cc1. The number of pyridine rings is 1. The summed E-state index contributed by atoms with van der Waals surface area (Å²) in [7, 11) is 0. The summed E-state index contributed by atoms with van der Waals surface area (Å²) in [4.78, 5) is 29.0. The zero-order valence-electron chi connectivity index (χ0n) is 20.1. The highest BCUT2D eigenvalue weighted by atomic mass is 19.4. The Kier molecular flexibility index (Phi) is 5.93. The fourth-order valence-electron chi connectivity index (χ4n) is 4.24. The van der Waals surface area contributed by atoms with E-state index in [0.717, 1.165) is 31.0 Å². The monoisotopic (exact) mass is 533 g/mol. The Labute approximate surface area is 213 Å². The summed E-state index contributed by atoms with van der Waals surface area (Å²) in [5, 5.41) is 17.2. The van der Waals surface area contributed by atoms with Crippen LogP contribution in [0, 0.1) is 5.82 Å². The van der Waals surface area contributed by atoms with Crippen molar-refractivity contribution >= 4 is 11.8 Å². The summed E-state index contributed by atoms with van der Waals surface area (Å²) in [5.74, 6) is -2.34. The number of nitrogens with two attached hydrogens (primary N) is 1. The molecule has 2 atom stereocenters. The van der Waals surface area contributed by atoms with Crippen molar-refractivity contribution in [3.05, 3.63) is 65.4 Å². The third-order valence-corrected chi connectivity index (χ3v) is 6.92. The van der Waals surface area contributed by atoms with Gasteiger partial charge in [0.2, 0.25) is 11.5 Å². The highest BCUT2D eigenvalue weighted by Gasteiger charge is 2.57. The number of fused-ring (bicyclic) bond motifs is 1. The van der Waals surface area contributed by atoms with E-state index >= 15 is 0 Å². The quantitative estimate of drug-likeness (QED) is 0.400. The largest absolute Gasteiger partial charge is 0.489 e. The summed E-state index contributed by atoms with van der Waals surface area (Å²) in [5.41, 5.74) is -0.498. The lowest BCUT2D eigenvalue weighted by atomic mass is 9.81. The Morgan fingerprint density at radius 1 is 1.26 bits per heavy atom. The van der Waals surface area contributed by atoms with E-state index in [0.29, 0.717) is 0 Å². The first-order valence-corrected chi connectivity index (χ1v) is 11.7. The van der Waals surface area contributed by atoms with E-state index < -0.39 is 47.1 Å². The second-order valence-corrected chi connectivity index (χ2v) is 9.71. The number of carbonyl (C=O) groups excluding carboxylic acids is 2. The lowest BCUT2D eigenvalue weighted by Gasteiger charge is -2.31. The number of aliphatic hydroxyl groups is 1. The second-order valence-electron chi connectivity index (χ2n) is 9.71. The fourth-order valence-corrected chi connectivity index (χ4v) is 4.24. The molecule has 1 aliphatic heterocycles. The highest BCUT2D eigenvalue weighted by molar-refractivity contribution is 5.93. The van der Waals surface area contributed by atoms with Crippen LogP contribution in [0.2, 0.25) is 0 Å². The Morgan fingerprint density at radius 3 is 2.55 bits per heavy atom. The average molecular weight is 533 g/mol. The number of halogens is 4. The number of ether oxygens (including phenoxy) is 1. The van der Waals surface area contributed by atoms with Gasteiger partial charge in [-0.1, -0.05) is 0 Å². The van der Waals surface area contributed by atoms with Gasteiger partial charge in [-0.2, -0.15) is 18.3 Å². The molecule has 0 unspecified atom stereocenters. The van der Waals surface area contributed by atoms with Crippen molar-refractivity contribution in [2.24, 2.45) is 5.73 Å². The van der Waals surface area contributed by atoms with E-state index in [1.165, 1.54) is 31.5 Å². The summed E-state index contributed by atoms with van der Waals surface area (Å²) >= 11 is 0. The Hall–Kier alpha value is -4.00. The van der Waals surface area contributed by atoms with Crippen molar-refractivity contribution in [1.29, 1.82) is 0 Å². The molecule has 1 aromatic carbocycles. The molecule has 2 aromatic heterocycles. The fraction of sp³-hybridized carbons (Fsp3) is 0.360. The average Bonchev–Trinajstić information content (AvgIpc) is 3.49. The molecule has 0 saturated heterocycles. The van der Waals surface area contributed by atoms with Crippen LogP contribution in [0.1, 0.15) is 47.4 Å². The predicted octanol–water partition coefficient (Wildman–Crippen LogP) is 2.73. The van der Waals surface area contributed by atoms with E-state index in [1.54, 1.807) is 4.68 Å². The molecule has 200 valence electrons. The van der Waals surface area contributed by atoms with E-state index in [4.69, 9.17) is 10.5 Å². The molecule has 1 saturated carbocycles. The molecule has 0 spiro atoms. The minimum atomic E-state index is -5.30. The van der Waals surface area contributed by atoms with Gasteiger partial charge in [-0.15, -0.1) is 0 Å². The Bertz CT molecular complexity index is 1420. The van der Waals surface area contributed by atoms with Crippen molar-refractivity contribution in [2.75, 3.05) is 13.2 Å². The molecular weight excluding hydrogens is 510 g/mol. The zero-order chi connectivity index (χ0) is 27.5. The second kappa shape index (κ2) is 8.79. The van der Waals surface area contributed by atoms with Crippen LogP contribution in [0.25, 0.3) is 11.3 Å². The summed E-state index contributed by atoms with van der Waals surface area (Å²) in [6.07, 6.45) is -0.857. The van der Waals surface area contributed by atoms with Crippen LogP contribution in [0.3, 0.4) is 0 Å². The first kappa shape index (κ1) is 25.6. The maximum atomic E-state index is 14.4. The molecule has 3 heterocycles. The summed E-state index contributed by atoms with van der Waals surface area (Å²) in [6.45, 7) is -0.165. The first-order chi connectivity index (χ1) is 17.8. The minimum absolute atomic E-state index is 0.0114. The molecule has 2 aliphatic rings. The van der Waals surface area contributed by atoms with Gasteiger partial charge in [0.05, 0.1) is 30.0 Å². The van der Waals surface area contributed by atoms with Gasteiger partial charge < -0.3 is 20.9 Å². The van der Waals surface area contributed by atoms with Crippen LogP contribution in [0.5, 0.6) is 5.75 Å². The predicted molar refractivity (Wildman–Crippen MR) is 124 cm³/mol. The maximum absolute atomic E-state index is 14.4. The molecule has 0 radical (unpaired) electrons. The van der Waals surface area contributed by atoms with Crippen molar-refractivity contribution in [3.63, 3.8) is 0 Å². The van der Waals surface area contributed by atoms with E-state index in [2.05, 4.69) is 15.4 Å². The normalized spacial score (nSPS) is 20.4. The van der Waals surface area contributed by atoms with Gasteiger partial charge in [0.25, 0.3) is 5.91 Å². The van der Waals surface area contributed by atoms with Crippen LogP contribution in [-0.2, 0) is 15.8 Å². The molecule has 2 amide bonds. The molecule has 4 N–H and O–H groups in total. The number of alkyl halides is 3. The number of primary amides is 1. The van der Waals surface area contributed by atoms with Crippen LogP contribution < -0.4 is 15.8 Å². The number of carbonyl (C=O) groups is 2. The lowest BCUT2D eigenvalue weighted by molar-refractivity contribution is -0.265. The molecule has 5 rings (SSSR count). The summed E-state index contributed by atoms with van der Waals surface area (Å²) in [6, 6.07) is 5.77. The molecule has 1 aliphatic carbocycles. The van der Waals surface area contributed by atoms with Gasteiger partial charge in [-0.25, -0.2) is 9.37 Å². The topological polar surface area (TPSA) is 132 Å². The van der Waals surface area contributed by atoms with Crippen LogP contribution in [-0.4, -0.2) is 51.0 Å². The van der Waals surface area contributed by atoms with E-state index in [-0.39, 0.29) is 40.8 Å². The molecule has 0 bridgehead atoms. The molecule has 9 nitrogen and oxygen atoms in total. The van der Waals surface area contributed by atoms with Crippen molar-refractivity contribution in [3.8, 4) is 17.0 Å². The van der Waals surface area contributed by atoms with E-state index in [1.807, 2.05) is 0 Å². The Balaban J connectivity index is 1.57. The number of aromatic nitrogens is 3. The third kappa shape index (κ3) is 4.26. The molecule has 13 heteroatoms. The lowest BCUT2D eigenvalue weighted by Crippen LogP contribution is -2.51. The molecule has 1 fully saturated rings. The molecular formula is C25H23F4N5O4. The van der Waals surface area contributed by atoms with Gasteiger partial charge in [0.1, 0.15) is 29.3 Å². The van der Waals surface area contributed by atoms with Crippen molar-refractivity contribution < 1.29 is 37.0 Å². The molecule has 3 aromatic rings. The molecule has 38 heavy (non-hydrogen) atoms. The number of nitrogens with zero attached hydrogens (tertiary/aromatic N) is 3. The number of amides is 2. The van der Waals surface area contributed by atoms with Crippen molar-refractivity contribution in [1.82, 2.24) is 20.1 Å². The van der Waals surface area contributed by atoms with E-state index in [9.17, 15) is 32.3 Å². The van der Waals surface area contributed by atoms with Gasteiger partial charge in [-0.05, 0) is 50.1 Å².